The topological polar surface area (TPSA) is 104 Å². The second-order valence-corrected chi connectivity index (χ2v) is 7.02. The molecule has 3 N–H and O–H groups in total. The zero-order valence-electron chi connectivity index (χ0n) is 11.9. The summed E-state index contributed by atoms with van der Waals surface area (Å²) in [6, 6.07) is 6.15. The van der Waals surface area contributed by atoms with Gasteiger partial charge in [-0.1, -0.05) is 36.4 Å². The maximum atomic E-state index is 12.2. The van der Waals surface area contributed by atoms with Gasteiger partial charge in [0.05, 0.1) is 10.5 Å². The molecule has 0 amide bonds. The van der Waals surface area contributed by atoms with Crippen LogP contribution in [0.1, 0.15) is 13.3 Å². The van der Waals surface area contributed by atoms with Crippen LogP contribution in [0.3, 0.4) is 0 Å². The molecule has 1 aromatic rings. The molecule has 1 aliphatic rings. The molecule has 7 heteroatoms. The number of hydrogen-bond acceptors (Lipinski definition) is 4. The maximum absolute atomic E-state index is 12.2. The molecule has 0 aliphatic heterocycles. The predicted octanol–water partition coefficient (Wildman–Crippen LogP) is 1.06. The summed E-state index contributed by atoms with van der Waals surface area (Å²) in [5, 5.41) is 19.1. The minimum atomic E-state index is -3.95. The fourth-order valence-corrected chi connectivity index (χ4v) is 3.23. The van der Waals surface area contributed by atoms with Crippen molar-refractivity contribution in [3.63, 3.8) is 0 Å². The number of benzene rings is 1. The highest BCUT2D eigenvalue weighted by Gasteiger charge is 2.30. The summed E-state index contributed by atoms with van der Waals surface area (Å²) in [6.45, 7) is 1.58. The SMILES string of the molecule is CC1(O)C=CC([C@H](NS(=O)(=O)c2ccccc2)C(=O)O)=CC1. The zero-order valence-corrected chi connectivity index (χ0v) is 12.7. The van der Waals surface area contributed by atoms with E-state index < -0.39 is 27.6 Å². The Morgan fingerprint density at radius 2 is 1.95 bits per heavy atom. The third-order valence-electron chi connectivity index (χ3n) is 3.29. The van der Waals surface area contributed by atoms with E-state index in [0.717, 1.165) is 0 Å². The molecule has 1 aliphatic carbocycles. The lowest BCUT2D eigenvalue weighted by Crippen LogP contribution is -2.42. The molecule has 6 nitrogen and oxygen atoms in total. The normalized spacial score (nSPS) is 22.9. The van der Waals surface area contributed by atoms with Gasteiger partial charge in [0.2, 0.25) is 10.0 Å². The molecule has 22 heavy (non-hydrogen) atoms. The number of carbonyl (C=O) groups is 1. The van der Waals surface area contributed by atoms with Gasteiger partial charge in [-0.2, -0.15) is 4.72 Å². The van der Waals surface area contributed by atoms with Crippen molar-refractivity contribution in [2.75, 3.05) is 0 Å². The number of sulfonamides is 1. The molecule has 2 atom stereocenters. The summed E-state index contributed by atoms with van der Waals surface area (Å²) in [7, 11) is -3.95. The Kier molecular flexibility index (Phi) is 4.50. The zero-order chi connectivity index (χ0) is 16.4. The van der Waals surface area contributed by atoms with Gasteiger partial charge >= 0.3 is 5.97 Å². The second kappa shape index (κ2) is 6.04. The van der Waals surface area contributed by atoms with Crippen molar-refractivity contribution in [2.45, 2.75) is 29.9 Å². The van der Waals surface area contributed by atoms with E-state index in [1.165, 1.54) is 30.4 Å². The molecule has 118 valence electrons. The molecular weight excluding hydrogens is 306 g/mol. The Labute approximate surface area is 128 Å². The molecule has 0 radical (unpaired) electrons. The van der Waals surface area contributed by atoms with Crippen LogP contribution in [0.2, 0.25) is 0 Å². The van der Waals surface area contributed by atoms with Crippen molar-refractivity contribution < 1.29 is 23.4 Å². The smallest absolute Gasteiger partial charge is 0.326 e. The first-order valence-corrected chi connectivity index (χ1v) is 8.11. The summed E-state index contributed by atoms with van der Waals surface area (Å²) >= 11 is 0. The van der Waals surface area contributed by atoms with E-state index in [2.05, 4.69) is 4.72 Å². The monoisotopic (exact) mass is 323 g/mol. The van der Waals surface area contributed by atoms with Crippen molar-refractivity contribution in [3.8, 4) is 0 Å². The van der Waals surface area contributed by atoms with E-state index >= 15 is 0 Å². The molecular formula is C15H17NO5S. The highest BCUT2D eigenvalue weighted by atomic mass is 32.2. The second-order valence-electron chi connectivity index (χ2n) is 5.30. The molecule has 2 rings (SSSR count). The molecule has 0 saturated heterocycles. The quantitative estimate of drug-likeness (QED) is 0.751. The van der Waals surface area contributed by atoms with E-state index in [4.69, 9.17) is 0 Å². The van der Waals surface area contributed by atoms with Gasteiger partial charge < -0.3 is 10.2 Å². The first kappa shape index (κ1) is 16.4. The lowest BCUT2D eigenvalue weighted by molar-refractivity contribution is -0.137. The van der Waals surface area contributed by atoms with Crippen LogP contribution in [0.25, 0.3) is 0 Å². The van der Waals surface area contributed by atoms with Gasteiger partial charge in [-0.15, -0.1) is 0 Å². The molecule has 0 spiro atoms. The minimum absolute atomic E-state index is 0.00589. The highest BCUT2D eigenvalue weighted by Crippen LogP contribution is 2.23. The number of aliphatic carboxylic acids is 1. The number of hydrogen-bond donors (Lipinski definition) is 3. The van der Waals surface area contributed by atoms with E-state index in [0.29, 0.717) is 5.57 Å². The third-order valence-corrected chi connectivity index (χ3v) is 4.73. The molecule has 0 saturated carbocycles. The number of nitrogens with one attached hydrogen (secondary N) is 1. The van der Waals surface area contributed by atoms with Gasteiger partial charge in [0.15, 0.2) is 0 Å². The van der Waals surface area contributed by atoms with E-state index in [9.17, 15) is 23.4 Å². The molecule has 0 fully saturated rings. The third kappa shape index (κ3) is 3.82. The van der Waals surface area contributed by atoms with Crippen molar-refractivity contribution in [1.29, 1.82) is 0 Å². The van der Waals surface area contributed by atoms with Crippen LogP contribution in [0, 0.1) is 0 Å². The number of aliphatic hydroxyl groups is 1. The first-order chi connectivity index (χ1) is 10.2. The number of carboxylic acids is 1. The summed E-state index contributed by atoms with van der Waals surface area (Å²) in [6.07, 6.45) is 4.62. The van der Waals surface area contributed by atoms with E-state index in [1.807, 2.05) is 0 Å². The van der Waals surface area contributed by atoms with Gasteiger partial charge in [-0.3, -0.25) is 4.79 Å². The van der Waals surface area contributed by atoms with Crippen molar-refractivity contribution >= 4 is 16.0 Å². The summed E-state index contributed by atoms with van der Waals surface area (Å²) < 4.78 is 26.7. The fourth-order valence-electron chi connectivity index (χ4n) is 2.03. The molecule has 0 aromatic heterocycles. The average molecular weight is 323 g/mol. The Morgan fingerprint density at radius 1 is 1.32 bits per heavy atom. The van der Waals surface area contributed by atoms with Crippen LogP contribution in [0.4, 0.5) is 0 Å². The molecule has 0 heterocycles. The molecule has 0 bridgehead atoms. The first-order valence-electron chi connectivity index (χ1n) is 6.63. The standard InChI is InChI=1S/C15H17NO5S/c1-15(19)9-7-11(8-10-15)13(14(17)18)16-22(20,21)12-5-3-2-4-6-12/h2-9,13,16,19H,10H2,1H3,(H,17,18)/t13-,15?/m0/s1. The summed E-state index contributed by atoms with van der Waals surface area (Å²) in [5.74, 6) is -1.31. The summed E-state index contributed by atoms with van der Waals surface area (Å²) in [5.41, 5.74) is -0.760. The number of carboxylic acid groups (broad SMARTS) is 1. The lowest BCUT2D eigenvalue weighted by Gasteiger charge is -2.24. The largest absolute Gasteiger partial charge is 0.480 e. The van der Waals surface area contributed by atoms with Crippen molar-refractivity contribution in [3.05, 3.63) is 54.1 Å². The Balaban J connectivity index is 2.26. The van der Waals surface area contributed by atoms with Crippen LogP contribution < -0.4 is 4.72 Å². The number of rotatable bonds is 5. The fraction of sp³-hybridized carbons (Fsp3) is 0.267. The van der Waals surface area contributed by atoms with Crippen molar-refractivity contribution in [1.82, 2.24) is 4.72 Å². The van der Waals surface area contributed by atoms with E-state index in [-0.39, 0.29) is 11.3 Å². The van der Waals surface area contributed by atoms with Crippen LogP contribution in [0.5, 0.6) is 0 Å². The Morgan fingerprint density at radius 3 is 2.45 bits per heavy atom. The highest BCUT2D eigenvalue weighted by molar-refractivity contribution is 7.89. The minimum Gasteiger partial charge on any atom is -0.480 e. The van der Waals surface area contributed by atoms with Gasteiger partial charge in [-0.05, 0) is 31.1 Å². The maximum Gasteiger partial charge on any atom is 0.326 e. The predicted molar refractivity (Wildman–Crippen MR) is 80.7 cm³/mol. The Bertz CT molecular complexity index is 720. The Hall–Kier alpha value is -1.96. The van der Waals surface area contributed by atoms with Gasteiger partial charge in [0.25, 0.3) is 0 Å². The lowest BCUT2D eigenvalue weighted by atomic mass is 9.91. The summed E-state index contributed by atoms with van der Waals surface area (Å²) in [4.78, 5) is 11.4. The van der Waals surface area contributed by atoms with Crippen LogP contribution in [-0.4, -0.2) is 36.2 Å². The van der Waals surface area contributed by atoms with Crippen LogP contribution in [-0.2, 0) is 14.8 Å². The molecule has 1 aromatic carbocycles. The van der Waals surface area contributed by atoms with Crippen LogP contribution in [0.15, 0.2) is 59.0 Å². The molecule has 1 unspecified atom stereocenters. The van der Waals surface area contributed by atoms with E-state index in [1.54, 1.807) is 25.1 Å². The van der Waals surface area contributed by atoms with Crippen LogP contribution >= 0.6 is 0 Å². The van der Waals surface area contributed by atoms with Crippen molar-refractivity contribution in [2.24, 2.45) is 0 Å². The van der Waals surface area contributed by atoms with Gasteiger partial charge in [0.1, 0.15) is 6.04 Å². The van der Waals surface area contributed by atoms with Gasteiger partial charge in [0, 0.05) is 0 Å². The average Bonchev–Trinajstić information content (AvgIpc) is 2.46. The van der Waals surface area contributed by atoms with Gasteiger partial charge in [-0.25, -0.2) is 8.42 Å².